The first-order valence-electron chi connectivity index (χ1n) is 9.31. The number of aliphatic hydroxyl groups excluding tert-OH is 1. The van der Waals surface area contributed by atoms with E-state index < -0.39 is 11.7 Å². The van der Waals surface area contributed by atoms with Crippen molar-refractivity contribution in [1.29, 1.82) is 0 Å². The molecule has 0 aliphatic heterocycles. The highest BCUT2D eigenvalue weighted by atomic mass is 16.5. The molecule has 0 saturated carbocycles. The standard InChI is InChI=1S/C24H26O4/c1-27-21-12-8-19(9-13-21)24(17-16-23(25)26,18-6-4-3-5-7-18)20-10-14-22(28-2)15-11-20/h3-15,23,25-26H,16-17H2,1-2H3. The van der Waals surface area contributed by atoms with Gasteiger partial charge in [-0.05, 0) is 53.8 Å². The first-order chi connectivity index (χ1) is 13.6. The quantitative estimate of drug-likeness (QED) is 0.457. The molecule has 0 aromatic heterocycles. The van der Waals surface area contributed by atoms with Crippen molar-refractivity contribution in [2.45, 2.75) is 24.5 Å². The molecule has 0 saturated heterocycles. The zero-order chi connectivity index (χ0) is 20.0. The normalized spacial score (nSPS) is 11.5. The Morgan fingerprint density at radius 2 is 1.11 bits per heavy atom. The molecule has 0 fully saturated rings. The molecule has 0 unspecified atom stereocenters. The fourth-order valence-electron chi connectivity index (χ4n) is 3.75. The maximum absolute atomic E-state index is 9.64. The van der Waals surface area contributed by atoms with E-state index in [1.165, 1.54) is 0 Å². The minimum absolute atomic E-state index is 0.243. The Labute approximate surface area is 166 Å². The second-order valence-electron chi connectivity index (χ2n) is 6.75. The molecule has 0 heterocycles. The average Bonchev–Trinajstić information content (AvgIpc) is 2.75. The van der Waals surface area contributed by atoms with E-state index >= 15 is 0 Å². The van der Waals surface area contributed by atoms with Gasteiger partial charge in [-0.15, -0.1) is 0 Å². The van der Waals surface area contributed by atoms with Crippen LogP contribution in [0.25, 0.3) is 0 Å². The van der Waals surface area contributed by atoms with Gasteiger partial charge in [0, 0.05) is 5.41 Å². The van der Waals surface area contributed by atoms with Crippen LogP contribution in [0.15, 0.2) is 78.9 Å². The summed E-state index contributed by atoms with van der Waals surface area (Å²) in [6.07, 6.45) is -0.597. The predicted octanol–water partition coefficient (Wildman–Crippen LogP) is 4.13. The van der Waals surface area contributed by atoms with Gasteiger partial charge < -0.3 is 19.7 Å². The zero-order valence-corrected chi connectivity index (χ0v) is 16.2. The Hall–Kier alpha value is -2.82. The van der Waals surface area contributed by atoms with Crippen molar-refractivity contribution in [3.05, 3.63) is 95.6 Å². The number of hydrogen-bond acceptors (Lipinski definition) is 4. The first-order valence-corrected chi connectivity index (χ1v) is 9.31. The van der Waals surface area contributed by atoms with Gasteiger partial charge in [0.05, 0.1) is 14.2 Å². The van der Waals surface area contributed by atoms with Gasteiger partial charge in [-0.3, -0.25) is 0 Å². The van der Waals surface area contributed by atoms with Crippen molar-refractivity contribution in [2.24, 2.45) is 0 Å². The van der Waals surface area contributed by atoms with E-state index in [4.69, 9.17) is 9.47 Å². The number of methoxy groups -OCH3 is 2. The van der Waals surface area contributed by atoms with E-state index in [0.717, 1.165) is 28.2 Å². The lowest BCUT2D eigenvalue weighted by Gasteiger charge is -2.36. The lowest BCUT2D eigenvalue weighted by atomic mass is 9.66. The molecular formula is C24H26O4. The van der Waals surface area contributed by atoms with E-state index in [2.05, 4.69) is 12.1 Å². The first kappa shape index (κ1) is 19.9. The molecule has 2 N–H and O–H groups in total. The van der Waals surface area contributed by atoms with Crippen molar-refractivity contribution in [3.8, 4) is 11.5 Å². The molecule has 28 heavy (non-hydrogen) atoms. The van der Waals surface area contributed by atoms with Gasteiger partial charge in [0.15, 0.2) is 6.29 Å². The van der Waals surface area contributed by atoms with Crippen LogP contribution in [0, 0.1) is 0 Å². The van der Waals surface area contributed by atoms with Crippen LogP contribution in [0.1, 0.15) is 29.5 Å². The summed E-state index contributed by atoms with van der Waals surface area (Å²) in [5.74, 6) is 1.56. The molecule has 0 bridgehead atoms. The molecule has 0 amide bonds. The Morgan fingerprint density at radius 3 is 1.50 bits per heavy atom. The van der Waals surface area contributed by atoms with Gasteiger partial charge in [0.1, 0.15) is 11.5 Å². The molecule has 3 aromatic rings. The van der Waals surface area contributed by atoms with Gasteiger partial charge >= 0.3 is 0 Å². The SMILES string of the molecule is COc1ccc(C(CCC(O)O)(c2ccccc2)c2ccc(OC)cc2)cc1. The van der Waals surface area contributed by atoms with Crippen molar-refractivity contribution in [2.75, 3.05) is 14.2 Å². The summed E-state index contributed by atoms with van der Waals surface area (Å²) in [5, 5.41) is 19.3. The monoisotopic (exact) mass is 378 g/mol. The molecule has 0 atom stereocenters. The molecule has 0 aliphatic carbocycles. The summed E-state index contributed by atoms with van der Waals surface area (Å²) in [5.41, 5.74) is 2.67. The third-order valence-corrected chi connectivity index (χ3v) is 5.21. The largest absolute Gasteiger partial charge is 0.497 e. The number of ether oxygens (including phenoxy) is 2. The smallest absolute Gasteiger partial charge is 0.151 e. The summed E-state index contributed by atoms with van der Waals surface area (Å²) < 4.78 is 10.7. The molecule has 4 heteroatoms. The van der Waals surface area contributed by atoms with Gasteiger partial charge in [-0.2, -0.15) is 0 Å². The van der Waals surface area contributed by atoms with Gasteiger partial charge in [0.2, 0.25) is 0 Å². The fourth-order valence-corrected chi connectivity index (χ4v) is 3.75. The van der Waals surface area contributed by atoms with Crippen LogP contribution < -0.4 is 9.47 Å². The summed E-state index contributed by atoms with van der Waals surface area (Å²) in [6.45, 7) is 0. The van der Waals surface area contributed by atoms with E-state index in [1.807, 2.05) is 66.7 Å². The summed E-state index contributed by atoms with van der Waals surface area (Å²) >= 11 is 0. The molecule has 3 rings (SSSR count). The molecule has 3 aromatic carbocycles. The molecule has 146 valence electrons. The fraction of sp³-hybridized carbons (Fsp3) is 0.250. The second-order valence-corrected chi connectivity index (χ2v) is 6.75. The molecular weight excluding hydrogens is 352 g/mol. The van der Waals surface area contributed by atoms with E-state index in [1.54, 1.807) is 14.2 Å². The van der Waals surface area contributed by atoms with Gasteiger partial charge in [0.25, 0.3) is 0 Å². The Bertz CT molecular complexity index is 808. The topological polar surface area (TPSA) is 58.9 Å². The number of benzene rings is 3. The maximum atomic E-state index is 9.64. The zero-order valence-electron chi connectivity index (χ0n) is 16.2. The second kappa shape index (κ2) is 8.91. The van der Waals surface area contributed by atoms with Crippen LogP contribution in [0.4, 0.5) is 0 Å². The van der Waals surface area contributed by atoms with Gasteiger partial charge in [-0.1, -0.05) is 54.6 Å². The number of hydrogen-bond donors (Lipinski definition) is 2. The van der Waals surface area contributed by atoms with Crippen molar-refractivity contribution >= 4 is 0 Å². The van der Waals surface area contributed by atoms with Crippen LogP contribution in [0.3, 0.4) is 0 Å². The number of aliphatic hydroxyl groups is 2. The Balaban J connectivity index is 2.23. The predicted molar refractivity (Wildman–Crippen MR) is 110 cm³/mol. The molecule has 4 nitrogen and oxygen atoms in total. The molecule has 0 aliphatic rings. The third kappa shape index (κ3) is 4.03. The lowest BCUT2D eigenvalue weighted by Crippen LogP contribution is -2.31. The highest BCUT2D eigenvalue weighted by Crippen LogP contribution is 2.44. The van der Waals surface area contributed by atoms with Crippen molar-refractivity contribution < 1.29 is 19.7 Å². The van der Waals surface area contributed by atoms with Crippen LogP contribution in [0.2, 0.25) is 0 Å². The maximum Gasteiger partial charge on any atom is 0.151 e. The highest BCUT2D eigenvalue weighted by molar-refractivity contribution is 5.52. The Morgan fingerprint density at radius 1 is 0.679 bits per heavy atom. The van der Waals surface area contributed by atoms with E-state index in [-0.39, 0.29) is 6.42 Å². The summed E-state index contributed by atoms with van der Waals surface area (Å²) in [4.78, 5) is 0. The minimum Gasteiger partial charge on any atom is -0.497 e. The van der Waals surface area contributed by atoms with E-state index in [0.29, 0.717) is 6.42 Å². The Kier molecular flexibility index (Phi) is 6.34. The van der Waals surface area contributed by atoms with Crippen molar-refractivity contribution in [1.82, 2.24) is 0 Å². The summed E-state index contributed by atoms with van der Waals surface area (Å²) in [6, 6.07) is 26.1. The molecule has 0 radical (unpaired) electrons. The van der Waals surface area contributed by atoms with Crippen LogP contribution in [-0.2, 0) is 5.41 Å². The minimum atomic E-state index is -1.38. The summed E-state index contributed by atoms with van der Waals surface area (Å²) in [7, 11) is 3.29. The lowest BCUT2D eigenvalue weighted by molar-refractivity contribution is -0.0483. The van der Waals surface area contributed by atoms with Crippen molar-refractivity contribution in [3.63, 3.8) is 0 Å². The van der Waals surface area contributed by atoms with Gasteiger partial charge in [-0.25, -0.2) is 0 Å². The van der Waals surface area contributed by atoms with E-state index in [9.17, 15) is 10.2 Å². The van der Waals surface area contributed by atoms with Crippen LogP contribution in [0.5, 0.6) is 11.5 Å². The van der Waals surface area contributed by atoms with Crippen LogP contribution in [-0.4, -0.2) is 30.7 Å². The van der Waals surface area contributed by atoms with Crippen LogP contribution >= 0.6 is 0 Å². The third-order valence-electron chi connectivity index (χ3n) is 5.21. The highest BCUT2D eigenvalue weighted by Gasteiger charge is 2.36. The molecule has 0 spiro atoms. The average molecular weight is 378 g/mol. The number of rotatable bonds is 8.